The molecule has 0 unspecified atom stereocenters. The molecule has 2 aliphatic heterocycles. The molecule has 0 fully saturated rings. The van der Waals surface area contributed by atoms with E-state index >= 15 is 0 Å². The highest BCUT2D eigenvalue weighted by Gasteiger charge is 2.29. The smallest absolute Gasteiger partial charge is 0.151 e. The lowest BCUT2D eigenvalue weighted by atomic mass is 9.93. The van der Waals surface area contributed by atoms with E-state index in [1.807, 2.05) is 97.3 Å². The largest absolute Gasteiger partial charge is 0.453 e. The van der Waals surface area contributed by atoms with Crippen molar-refractivity contribution in [2.75, 3.05) is 9.80 Å². The molecule has 8 nitrogen and oxygen atoms in total. The van der Waals surface area contributed by atoms with Crippen LogP contribution in [0.1, 0.15) is 0 Å². The lowest BCUT2D eigenvalue weighted by molar-refractivity contribution is 0.477. The maximum atomic E-state index is 6.39. The number of fused-ring (bicyclic) bond motifs is 6. The molecule has 10 heteroatoms. The van der Waals surface area contributed by atoms with E-state index in [2.05, 4.69) is 80.4 Å². The van der Waals surface area contributed by atoms with E-state index in [0.29, 0.717) is 0 Å². The van der Waals surface area contributed by atoms with Crippen molar-refractivity contribution >= 4 is 77.2 Å². The van der Waals surface area contributed by atoms with Crippen molar-refractivity contribution < 1.29 is 9.47 Å². The third-order valence-electron chi connectivity index (χ3n) is 10.5. The van der Waals surface area contributed by atoms with E-state index in [9.17, 15) is 0 Å². The standard InChI is InChI=1S/C48H28N6O2S2/c1-5-13-41-37(9-1)53(38-10-2-6-14-42(38)55-41)29-17-19-31(33(25-29)47-51-35-21-23-49-27-45(35)57-47)32-20-18-30(26-34(32)48-52-36-22-24-50-28-46(36)58-48)54-39-11-3-7-15-43(39)56-44-16-8-4-12-40(44)54/h1-28H. The number of pyridine rings is 2. The van der Waals surface area contributed by atoms with Crippen LogP contribution >= 0.6 is 22.7 Å². The lowest BCUT2D eigenvalue weighted by Crippen LogP contribution is -2.16. The lowest BCUT2D eigenvalue weighted by Gasteiger charge is -2.33. The summed E-state index contributed by atoms with van der Waals surface area (Å²) in [5.41, 5.74) is 11.7. The number of thiazole rings is 2. The monoisotopic (exact) mass is 784 g/mol. The van der Waals surface area contributed by atoms with Gasteiger partial charge in [-0.25, -0.2) is 9.97 Å². The predicted molar refractivity (Wildman–Crippen MR) is 234 cm³/mol. The van der Waals surface area contributed by atoms with Gasteiger partial charge in [0.05, 0.1) is 43.2 Å². The molecular formula is C48H28N6O2S2. The summed E-state index contributed by atoms with van der Waals surface area (Å²) in [4.78, 5) is 23.8. The summed E-state index contributed by atoms with van der Waals surface area (Å²) in [7, 11) is 0. The van der Waals surface area contributed by atoms with Gasteiger partial charge in [0, 0.05) is 47.3 Å². The summed E-state index contributed by atoms with van der Waals surface area (Å²) in [5, 5.41) is 1.79. The molecule has 0 amide bonds. The Kier molecular flexibility index (Phi) is 7.40. The van der Waals surface area contributed by atoms with Gasteiger partial charge in [0.25, 0.3) is 0 Å². The fourth-order valence-corrected chi connectivity index (χ4v) is 9.85. The summed E-state index contributed by atoms with van der Waals surface area (Å²) in [6.07, 6.45) is 7.38. The van der Waals surface area contributed by atoms with Crippen LogP contribution in [0.2, 0.25) is 0 Å². The topological polar surface area (TPSA) is 76.5 Å². The van der Waals surface area contributed by atoms with Crippen LogP contribution < -0.4 is 19.3 Å². The summed E-state index contributed by atoms with van der Waals surface area (Å²) in [5.74, 6) is 3.19. The minimum atomic E-state index is 0.798. The van der Waals surface area contributed by atoms with Gasteiger partial charge in [-0.2, -0.15) is 0 Å². The molecule has 274 valence electrons. The summed E-state index contributed by atoms with van der Waals surface area (Å²) >= 11 is 3.28. The Morgan fingerprint density at radius 1 is 0.397 bits per heavy atom. The maximum Gasteiger partial charge on any atom is 0.151 e. The Labute approximate surface area is 340 Å². The van der Waals surface area contributed by atoms with Crippen molar-refractivity contribution in [2.24, 2.45) is 0 Å². The molecule has 0 saturated heterocycles. The van der Waals surface area contributed by atoms with Gasteiger partial charge in [-0.3, -0.25) is 9.97 Å². The molecule has 0 atom stereocenters. The molecule has 10 aromatic rings. The molecule has 0 radical (unpaired) electrons. The Hall–Kier alpha value is -7.40. The second-order valence-electron chi connectivity index (χ2n) is 13.9. The molecule has 0 N–H and O–H groups in total. The summed E-state index contributed by atoms with van der Waals surface area (Å²) < 4.78 is 14.8. The van der Waals surface area contributed by atoms with Gasteiger partial charge < -0.3 is 19.3 Å². The fourth-order valence-electron chi connectivity index (χ4n) is 7.92. The summed E-state index contributed by atoms with van der Waals surface area (Å²) in [6, 6.07) is 50.0. The Morgan fingerprint density at radius 3 is 1.16 bits per heavy atom. The van der Waals surface area contributed by atoms with Crippen LogP contribution in [0.4, 0.5) is 34.1 Å². The molecule has 12 rings (SSSR count). The quantitative estimate of drug-likeness (QED) is 0.171. The molecular weight excluding hydrogens is 757 g/mol. The number of nitrogens with zero attached hydrogens (tertiary/aromatic N) is 6. The van der Waals surface area contributed by atoms with Crippen LogP contribution in [-0.2, 0) is 0 Å². The highest BCUT2D eigenvalue weighted by molar-refractivity contribution is 7.22. The first-order valence-corrected chi connectivity index (χ1v) is 20.4. The van der Waals surface area contributed by atoms with Crippen LogP contribution in [0, 0.1) is 0 Å². The van der Waals surface area contributed by atoms with Gasteiger partial charge in [0.1, 0.15) is 10.0 Å². The van der Waals surface area contributed by atoms with E-state index in [1.165, 1.54) is 0 Å². The van der Waals surface area contributed by atoms with Gasteiger partial charge in [-0.1, -0.05) is 60.7 Å². The zero-order valence-electron chi connectivity index (χ0n) is 30.5. The minimum absolute atomic E-state index is 0.798. The van der Waals surface area contributed by atoms with Crippen LogP contribution in [-0.4, -0.2) is 19.9 Å². The number of hydrogen-bond donors (Lipinski definition) is 0. The molecule has 6 heterocycles. The number of ether oxygens (including phenoxy) is 2. The molecule has 6 aromatic carbocycles. The molecule has 2 aliphatic rings. The van der Waals surface area contributed by atoms with Gasteiger partial charge in [-0.05, 0) is 96.1 Å². The van der Waals surface area contributed by atoms with Gasteiger partial charge in [0.2, 0.25) is 0 Å². The van der Waals surface area contributed by atoms with Crippen molar-refractivity contribution in [3.8, 4) is 55.3 Å². The minimum Gasteiger partial charge on any atom is -0.453 e. The van der Waals surface area contributed by atoms with E-state index < -0.39 is 0 Å². The number of rotatable bonds is 5. The van der Waals surface area contributed by atoms with Crippen molar-refractivity contribution in [1.82, 2.24) is 19.9 Å². The first-order chi connectivity index (χ1) is 28.7. The molecule has 4 aromatic heterocycles. The average Bonchev–Trinajstić information content (AvgIpc) is 3.92. The Morgan fingerprint density at radius 2 is 0.776 bits per heavy atom. The van der Waals surface area contributed by atoms with Crippen molar-refractivity contribution in [3.63, 3.8) is 0 Å². The maximum absolute atomic E-state index is 6.39. The van der Waals surface area contributed by atoms with E-state index in [4.69, 9.17) is 19.4 Å². The second-order valence-corrected chi connectivity index (χ2v) is 16.0. The first-order valence-electron chi connectivity index (χ1n) is 18.8. The average molecular weight is 785 g/mol. The Balaban J connectivity index is 1.11. The van der Waals surface area contributed by atoms with Crippen molar-refractivity contribution in [3.05, 3.63) is 170 Å². The second kappa shape index (κ2) is 13.1. The summed E-state index contributed by atoms with van der Waals surface area (Å²) in [6.45, 7) is 0. The number of aromatic nitrogens is 4. The van der Waals surface area contributed by atoms with Gasteiger partial charge in [-0.15, -0.1) is 22.7 Å². The predicted octanol–water partition coefficient (Wildman–Crippen LogP) is 13.8. The van der Waals surface area contributed by atoms with Crippen molar-refractivity contribution in [2.45, 2.75) is 0 Å². The number of benzene rings is 6. The number of para-hydroxylation sites is 8. The fraction of sp³-hybridized carbons (Fsp3) is 0. The van der Waals surface area contributed by atoms with Crippen LogP contribution in [0.15, 0.2) is 170 Å². The van der Waals surface area contributed by atoms with Gasteiger partial charge in [0.15, 0.2) is 23.0 Å². The molecule has 0 bridgehead atoms. The third-order valence-corrected chi connectivity index (χ3v) is 12.6. The van der Waals surface area contributed by atoms with Crippen molar-refractivity contribution in [1.29, 1.82) is 0 Å². The molecule has 0 spiro atoms. The van der Waals surface area contributed by atoms with Crippen LogP contribution in [0.25, 0.3) is 52.7 Å². The highest BCUT2D eigenvalue weighted by Crippen LogP contribution is 2.54. The van der Waals surface area contributed by atoms with E-state index in [1.54, 1.807) is 35.1 Å². The van der Waals surface area contributed by atoms with E-state index in [0.717, 1.165) is 110 Å². The zero-order valence-corrected chi connectivity index (χ0v) is 32.1. The van der Waals surface area contributed by atoms with Crippen LogP contribution in [0.5, 0.6) is 23.0 Å². The number of anilines is 6. The third kappa shape index (κ3) is 5.27. The van der Waals surface area contributed by atoms with Gasteiger partial charge >= 0.3 is 0 Å². The SMILES string of the molecule is c1ccc2c(c1)Oc1ccccc1N2c1ccc(-c2ccc(N3c4ccccc4Oc4ccccc43)cc2-c2nc3ccncc3s2)c(-c2nc3ccncc3s2)c1. The molecule has 58 heavy (non-hydrogen) atoms. The Bertz CT molecular complexity index is 2880. The highest BCUT2D eigenvalue weighted by atomic mass is 32.1. The van der Waals surface area contributed by atoms with E-state index in [-0.39, 0.29) is 0 Å². The number of hydrogen-bond acceptors (Lipinski definition) is 10. The first kappa shape index (κ1) is 32.8. The van der Waals surface area contributed by atoms with Crippen LogP contribution in [0.3, 0.4) is 0 Å². The molecule has 0 aliphatic carbocycles. The zero-order chi connectivity index (χ0) is 38.2. The normalized spacial score (nSPS) is 12.7. The molecule has 0 saturated carbocycles.